The minimum absolute atomic E-state index is 1.09. The summed E-state index contributed by atoms with van der Waals surface area (Å²) >= 11 is 0. The molecule has 1 saturated heterocycles. The number of nitrogens with zero attached hydrogens (tertiary/aromatic N) is 1. The predicted molar refractivity (Wildman–Crippen MR) is 79.3 cm³/mol. The molecule has 2 heteroatoms. The van der Waals surface area contributed by atoms with Crippen LogP contribution in [0.1, 0.15) is 36.8 Å². The Morgan fingerprint density at radius 3 is 2.39 bits per heavy atom. The standard InChI is InChI=1S/C16H26N2/c1-14-8-6-9-15(2)16(14)17-10-7-13-18-11-4-3-5-12-18/h6,8-9,17H,3-5,7,10-13H2,1-2H3. The van der Waals surface area contributed by atoms with E-state index in [0.29, 0.717) is 0 Å². The van der Waals surface area contributed by atoms with E-state index < -0.39 is 0 Å². The lowest BCUT2D eigenvalue weighted by Crippen LogP contribution is -2.31. The highest BCUT2D eigenvalue weighted by Crippen LogP contribution is 2.19. The van der Waals surface area contributed by atoms with Gasteiger partial charge in [-0.2, -0.15) is 0 Å². The molecule has 2 nitrogen and oxygen atoms in total. The van der Waals surface area contributed by atoms with Crippen molar-refractivity contribution in [2.75, 3.05) is 31.5 Å². The minimum Gasteiger partial charge on any atom is -0.385 e. The summed E-state index contributed by atoms with van der Waals surface area (Å²) in [6.07, 6.45) is 5.46. The first-order valence-electron chi connectivity index (χ1n) is 7.30. The number of benzene rings is 1. The minimum atomic E-state index is 1.09. The van der Waals surface area contributed by atoms with E-state index in [0.717, 1.165) is 6.54 Å². The summed E-state index contributed by atoms with van der Waals surface area (Å²) in [5.41, 5.74) is 4.04. The van der Waals surface area contributed by atoms with Crippen molar-refractivity contribution >= 4 is 5.69 Å². The molecule has 1 aliphatic rings. The van der Waals surface area contributed by atoms with E-state index in [4.69, 9.17) is 0 Å². The number of rotatable bonds is 5. The Morgan fingerprint density at radius 2 is 1.72 bits per heavy atom. The van der Waals surface area contributed by atoms with Crippen LogP contribution in [0.2, 0.25) is 0 Å². The highest BCUT2D eigenvalue weighted by atomic mass is 15.1. The van der Waals surface area contributed by atoms with Crippen LogP contribution >= 0.6 is 0 Å². The summed E-state index contributed by atoms with van der Waals surface area (Å²) in [6, 6.07) is 6.49. The lowest BCUT2D eigenvalue weighted by Gasteiger charge is -2.26. The van der Waals surface area contributed by atoms with E-state index in [1.165, 1.54) is 62.1 Å². The Hall–Kier alpha value is -1.02. The Balaban J connectivity index is 1.71. The first-order valence-corrected chi connectivity index (χ1v) is 7.30. The molecule has 0 unspecified atom stereocenters. The molecule has 0 atom stereocenters. The third kappa shape index (κ3) is 3.74. The van der Waals surface area contributed by atoms with Crippen LogP contribution in [0.5, 0.6) is 0 Å². The molecule has 18 heavy (non-hydrogen) atoms. The second-order valence-corrected chi connectivity index (χ2v) is 5.45. The van der Waals surface area contributed by atoms with Crippen molar-refractivity contribution in [2.24, 2.45) is 0 Å². The number of para-hydroxylation sites is 1. The SMILES string of the molecule is Cc1cccc(C)c1NCCCN1CCCCC1. The van der Waals surface area contributed by atoms with E-state index in [2.05, 4.69) is 42.3 Å². The first kappa shape index (κ1) is 13.4. The second-order valence-electron chi connectivity index (χ2n) is 5.45. The maximum absolute atomic E-state index is 3.59. The molecular formula is C16H26N2. The molecule has 1 aromatic carbocycles. The van der Waals surface area contributed by atoms with Crippen LogP contribution in [0.4, 0.5) is 5.69 Å². The fourth-order valence-electron chi connectivity index (χ4n) is 2.79. The van der Waals surface area contributed by atoms with E-state index in [1.54, 1.807) is 0 Å². The topological polar surface area (TPSA) is 15.3 Å². The third-order valence-electron chi connectivity index (χ3n) is 3.88. The average Bonchev–Trinajstić information content (AvgIpc) is 2.38. The lowest BCUT2D eigenvalue weighted by molar-refractivity contribution is 0.228. The van der Waals surface area contributed by atoms with Gasteiger partial charge in [-0.05, 0) is 63.9 Å². The van der Waals surface area contributed by atoms with Gasteiger partial charge in [0.05, 0.1) is 0 Å². The van der Waals surface area contributed by atoms with Crippen molar-refractivity contribution in [3.8, 4) is 0 Å². The maximum atomic E-state index is 3.59. The fourth-order valence-corrected chi connectivity index (χ4v) is 2.79. The zero-order valence-corrected chi connectivity index (χ0v) is 11.8. The molecule has 0 saturated carbocycles. The predicted octanol–water partition coefficient (Wildman–Crippen LogP) is 3.59. The van der Waals surface area contributed by atoms with Gasteiger partial charge in [-0.25, -0.2) is 0 Å². The van der Waals surface area contributed by atoms with Crippen molar-refractivity contribution in [1.29, 1.82) is 0 Å². The van der Waals surface area contributed by atoms with E-state index >= 15 is 0 Å². The van der Waals surface area contributed by atoms with Gasteiger partial charge in [-0.1, -0.05) is 24.6 Å². The molecule has 0 amide bonds. The monoisotopic (exact) mass is 246 g/mol. The van der Waals surface area contributed by atoms with Crippen molar-refractivity contribution < 1.29 is 0 Å². The molecule has 0 aromatic heterocycles. The van der Waals surface area contributed by atoms with Crippen molar-refractivity contribution in [3.63, 3.8) is 0 Å². The molecule has 0 aliphatic carbocycles. The first-order chi connectivity index (χ1) is 8.77. The summed E-state index contributed by atoms with van der Waals surface area (Å²) in [5, 5.41) is 3.59. The lowest BCUT2D eigenvalue weighted by atomic mass is 10.1. The number of likely N-dealkylation sites (tertiary alicyclic amines) is 1. The van der Waals surface area contributed by atoms with Gasteiger partial charge in [0, 0.05) is 12.2 Å². The normalized spacial score (nSPS) is 16.8. The quantitative estimate of drug-likeness (QED) is 0.799. The van der Waals surface area contributed by atoms with Crippen molar-refractivity contribution in [1.82, 2.24) is 4.90 Å². The summed E-state index contributed by atoms with van der Waals surface area (Å²) in [5.74, 6) is 0. The van der Waals surface area contributed by atoms with Crippen LogP contribution in [-0.2, 0) is 0 Å². The number of aryl methyl sites for hydroxylation is 2. The molecule has 1 heterocycles. The molecule has 0 radical (unpaired) electrons. The van der Waals surface area contributed by atoms with Gasteiger partial charge < -0.3 is 10.2 Å². The summed E-state index contributed by atoms with van der Waals surface area (Å²) in [6.45, 7) is 9.31. The average molecular weight is 246 g/mol. The van der Waals surface area contributed by atoms with Gasteiger partial charge in [0.15, 0.2) is 0 Å². The number of piperidine rings is 1. The smallest absolute Gasteiger partial charge is 0.0399 e. The van der Waals surface area contributed by atoms with E-state index in [9.17, 15) is 0 Å². The van der Waals surface area contributed by atoms with E-state index in [-0.39, 0.29) is 0 Å². The Morgan fingerprint density at radius 1 is 1.06 bits per heavy atom. The molecule has 0 bridgehead atoms. The Kier molecular flexibility index (Phi) is 5.06. The van der Waals surface area contributed by atoms with Crippen LogP contribution in [0.15, 0.2) is 18.2 Å². The Bertz CT molecular complexity index is 347. The van der Waals surface area contributed by atoms with Gasteiger partial charge in [0.25, 0.3) is 0 Å². The van der Waals surface area contributed by atoms with Gasteiger partial charge in [-0.3, -0.25) is 0 Å². The molecule has 1 aromatic rings. The molecule has 1 N–H and O–H groups in total. The van der Waals surface area contributed by atoms with Crippen molar-refractivity contribution in [2.45, 2.75) is 39.5 Å². The Labute approximate surface area is 111 Å². The van der Waals surface area contributed by atoms with E-state index in [1.807, 2.05) is 0 Å². The van der Waals surface area contributed by atoms with Crippen molar-refractivity contribution in [3.05, 3.63) is 29.3 Å². The summed E-state index contributed by atoms with van der Waals surface area (Å²) in [4.78, 5) is 2.61. The molecule has 0 spiro atoms. The number of hydrogen-bond acceptors (Lipinski definition) is 2. The highest BCUT2D eigenvalue weighted by Gasteiger charge is 2.09. The van der Waals surface area contributed by atoms with Crippen LogP contribution in [0.25, 0.3) is 0 Å². The van der Waals surface area contributed by atoms with Crippen LogP contribution in [0, 0.1) is 13.8 Å². The highest BCUT2D eigenvalue weighted by molar-refractivity contribution is 5.56. The molecular weight excluding hydrogens is 220 g/mol. The molecule has 1 fully saturated rings. The van der Waals surface area contributed by atoms with Crippen LogP contribution in [0.3, 0.4) is 0 Å². The fraction of sp³-hybridized carbons (Fsp3) is 0.625. The van der Waals surface area contributed by atoms with Gasteiger partial charge >= 0.3 is 0 Å². The van der Waals surface area contributed by atoms with Gasteiger partial charge in [0.2, 0.25) is 0 Å². The molecule has 2 rings (SSSR count). The molecule has 1 aliphatic heterocycles. The zero-order valence-electron chi connectivity index (χ0n) is 11.8. The maximum Gasteiger partial charge on any atom is 0.0399 e. The number of hydrogen-bond donors (Lipinski definition) is 1. The number of nitrogens with one attached hydrogen (secondary N) is 1. The zero-order chi connectivity index (χ0) is 12.8. The summed E-state index contributed by atoms with van der Waals surface area (Å²) in [7, 11) is 0. The van der Waals surface area contributed by atoms with Crippen LogP contribution < -0.4 is 5.32 Å². The van der Waals surface area contributed by atoms with Gasteiger partial charge in [0.1, 0.15) is 0 Å². The van der Waals surface area contributed by atoms with Crippen LogP contribution in [-0.4, -0.2) is 31.1 Å². The third-order valence-corrected chi connectivity index (χ3v) is 3.88. The largest absolute Gasteiger partial charge is 0.385 e. The second kappa shape index (κ2) is 6.79. The summed E-state index contributed by atoms with van der Waals surface area (Å²) < 4.78 is 0. The van der Waals surface area contributed by atoms with Gasteiger partial charge in [-0.15, -0.1) is 0 Å². The number of anilines is 1. The molecule has 100 valence electrons.